The highest BCUT2D eigenvalue weighted by Gasteiger charge is 2.11. The monoisotopic (exact) mass is 227 g/mol. The third-order valence-electron chi connectivity index (χ3n) is 2.80. The van der Waals surface area contributed by atoms with Crippen LogP contribution in [0, 0.1) is 0 Å². The van der Waals surface area contributed by atoms with Crippen molar-refractivity contribution in [1.82, 2.24) is 9.97 Å². The number of nitrogens with one attached hydrogen (secondary N) is 1. The second kappa shape index (κ2) is 4.41. The van der Waals surface area contributed by atoms with Gasteiger partial charge in [0.25, 0.3) is 0 Å². The Labute approximate surface area is 99.7 Å². The molecule has 1 aromatic heterocycles. The molecule has 1 N–H and O–H groups in total. The summed E-state index contributed by atoms with van der Waals surface area (Å²) in [5.41, 5.74) is 3.46. The highest BCUT2D eigenvalue weighted by Crippen LogP contribution is 2.27. The minimum Gasteiger partial charge on any atom is -0.493 e. The average Bonchev–Trinajstić information content (AvgIpc) is 2.85. The Bertz CT molecular complexity index is 513. The number of nitrogens with zero attached hydrogens (tertiary/aromatic N) is 2. The molecule has 4 nitrogen and oxygen atoms in total. The molecule has 2 heterocycles. The molecule has 0 saturated carbocycles. The lowest BCUT2D eigenvalue weighted by atomic mass is 10.1. The van der Waals surface area contributed by atoms with Gasteiger partial charge in [-0.3, -0.25) is 0 Å². The normalized spacial score (nSPS) is 12.9. The van der Waals surface area contributed by atoms with Gasteiger partial charge in [-0.1, -0.05) is 0 Å². The molecular formula is C13H13N3O. The molecule has 0 radical (unpaired) electrons. The molecule has 4 heteroatoms. The summed E-state index contributed by atoms with van der Waals surface area (Å²) in [7, 11) is 0. The van der Waals surface area contributed by atoms with Crippen molar-refractivity contribution in [1.29, 1.82) is 0 Å². The van der Waals surface area contributed by atoms with Crippen LogP contribution in [0.4, 0.5) is 5.69 Å². The summed E-state index contributed by atoms with van der Waals surface area (Å²) >= 11 is 0. The van der Waals surface area contributed by atoms with Crippen LogP contribution in [0.5, 0.6) is 5.75 Å². The fraction of sp³-hybridized carbons (Fsp3) is 0.231. The SMILES string of the molecule is c1ncc(CNc2ccc3c(c2)CCO3)cn1. The lowest BCUT2D eigenvalue weighted by Gasteiger charge is -2.07. The molecule has 0 bridgehead atoms. The number of aromatic nitrogens is 2. The molecule has 0 unspecified atom stereocenters. The molecular weight excluding hydrogens is 214 g/mol. The van der Waals surface area contributed by atoms with E-state index in [2.05, 4.69) is 21.4 Å². The zero-order valence-electron chi connectivity index (χ0n) is 9.39. The molecule has 0 fully saturated rings. The van der Waals surface area contributed by atoms with Crippen LogP contribution in [-0.2, 0) is 13.0 Å². The first-order chi connectivity index (χ1) is 8.42. The van der Waals surface area contributed by atoms with Crippen molar-refractivity contribution in [2.75, 3.05) is 11.9 Å². The van der Waals surface area contributed by atoms with Crippen LogP contribution in [0.25, 0.3) is 0 Å². The van der Waals surface area contributed by atoms with E-state index in [9.17, 15) is 0 Å². The molecule has 0 atom stereocenters. The van der Waals surface area contributed by atoms with Crippen LogP contribution >= 0.6 is 0 Å². The van der Waals surface area contributed by atoms with Gasteiger partial charge in [0, 0.05) is 36.6 Å². The molecule has 1 aromatic carbocycles. The number of rotatable bonds is 3. The summed E-state index contributed by atoms with van der Waals surface area (Å²) in [6.45, 7) is 1.53. The highest BCUT2D eigenvalue weighted by molar-refractivity contribution is 5.52. The highest BCUT2D eigenvalue weighted by atomic mass is 16.5. The maximum absolute atomic E-state index is 5.47. The summed E-state index contributed by atoms with van der Waals surface area (Å²) in [6, 6.07) is 6.20. The van der Waals surface area contributed by atoms with E-state index in [1.807, 2.05) is 24.5 Å². The summed E-state index contributed by atoms with van der Waals surface area (Å²) in [6.07, 6.45) is 6.17. The van der Waals surface area contributed by atoms with Crippen LogP contribution in [-0.4, -0.2) is 16.6 Å². The quantitative estimate of drug-likeness (QED) is 0.871. The number of anilines is 1. The fourth-order valence-corrected chi connectivity index (χ4v) is 1.92. The lowest BCUT2D eigenvalue weighted by molar-refractivity contribution is 0.357. The number of hydrogen-bond donors (Lipinski definition) is 1. The van der Waals surface area contributed by atoms with Gasteiger partial charge in [-0.2, -0.15) is 0 Å². The van der Waals surface area contributed by atoms with Crippen molar-refractivity contribution in [2.24, 2.45) is 0 Å². The Balaban J connectivity index is 1.70. The second-order valence-electron chi connectivity index (χ2n) is 4.02. The number of benzene rings is 1. The van der Waals surface area contributed by atoms with Gasteiger partial charge in [0.15, 0.2) is 0 Å². The predicted molar refractivity (Wildman–Crippen MR) is 65.0 cm³/mol. The Kier molecular flexibility index (Phi) is 2.62. The molecule has 0 spiro atoms. The van der Waals surface area contributed by atoms with Gasteiger partial charge >= 0.3 is 0 Å². The zero-order chi connectivity index (χ0) is 11.5. The molecule has 0 saturated heterocycles. The zero-order valence-corrected chi connectivity index (χ0v) is 9.39. The van der Waals surface area contributed by atoms with Crippen molar-refractivity contribution in [2.45, 2.75) is 13.0 Å². The van der Waals surface area contributed by atoms with Crippen LogP contribution in [0.15, 0.2) is 36.9 Å². The second-order valence-corrected chi connectivity index (χ2v) is 4.02. The van der Waals surface area contributed by atoms with E-state index in [1.54, 1.807) is 0 Å². The predicted octanol–water partition coefficient (Wildman–Crippen LogP) is 2.02. The summed E-state index contributed by atoms with van der Waals surface area (Å²) < 4.78 is 5.47. The van der Waals surface area contributed by atoms with Crippen molar-refractivity contribution in [3.63, 3.8) is 0 Å². The molecule has 1 aliphatic heterocycles. The van der Waals surface area contributed by atoms with Crippen molar-refractivity contribution >= 4 is 5.69 Å². The van der Waals surface area contributed by atoms with Gasteiger partial charge in [0.1, 0.15) is 12.1 Å². The first-order valence-corrected chi connectivity index (χ1v) is 5.65. The third kappa shape index (κ3) is 2.20. The topological polar surface area (TPSA) is 47.0 Å². The maximum atomic E-state index is 5.47. The van der Waals surface area contributed by atoms with E-state index in [1.165, 1.54) is 11.9 Å². The van der Waals surface area contributed by atoms with E-state index >= 15 is 0 Å². The van der Waals surface area contributed by atoms with Gasteiger partial charge in [-0.25, -0.2) is 9.97 Å². The lowest BCUT2D eigenvalue weighted by Crippen LogP contribution is -2.00. The molecule has 17 heavy (non-hydrogen) atoms. The standard InChI is InChI=1S/C13H13N3O/c1-2-13-11(3-4-17-13)5-12(1)16-8-10-6-14-9-15-7-10/h1-2,5-7,9,16H,3-4,8H2. The van der Waals surface area contributed by atoms with Crippen molar-refractivity contribution < 1.29 is 4.74 Å². The Morgan fingerprint density at radius 3 is 3.00 bits per heavy atom. The van der Waals surface area contributed by atoms with Crippen LogP contribution in [0.1, 0.15) is 11.1 Å². The van der Waals surface area contributed by atoms with Gasteiger partial charge in [0.05, 0.1) is 6.61 Å². The van der Waals surface area contributed by atoms with E-state index in [4.69, 9.17) is 4.74 Å². The van der Waals surface area contributed by atoms with Gasteiger partial charge in [0.2, 0.25) is 0 Å². The van der Waals surface area contributed by atoms with Crippen LogP contribution in [0.2, 0.25) is 0 Å². The molecule has 0 amide bonds. The summed E-state index contributed by atoms with van der Waals surface area (Å²) in [5, 5.41) is 3.36. The average molecular weight is 227 g/mol. The van der Waals surface area contributed by atoms with E-state index in [0.29, 0.717) is 0 Å². The largest absolute Gasteiger partial charge is 0.493 e. The fourth-order valence-electron chi connectivity index (χ4n) is 1.92. The first kappa shape index (κ1) is 10.1. The van der Waals surface area contributed by atoms with Crippen LogP contribution < -0.4 is 10.1 Å². The van der Waals surface area contributed by atoms with Crippen LogP contribution in [0.3, 0.4) is 0 Å². The van der Waals surface area contributed by atoms with Crippen molar-refractivity contribution in [3.8, 4) is 5.75 Å². The molecule has 86 valence electrons. The molecule has 2 aromatic rings. The molecule has 1 aliphatic rings. The minimum absolute atomic E-state index is 0.737. The maximum Gasteiger partial charge on any atom is 0.122 e. The number of fused-ring (bicyclic) bond motifs is 1. The Morgan fingerprint density at radius 2 is 2.12 bits per heavy atom. The third-order valence-corrected chi connectivity index (χ3v) is 2.80. The van der Waals surface area contributed by atoms with E-state index in [0.717, 1.165) is 36.6 Å². The molecule has 3 rings (SSSR count). The van der Waals surface area contributed by atoms with E-state index < -0.39 is 0 Å². The first-order valence-electron chi connectivity index (χ1n) is 5.65. The van der Waals surface area contributed by atoms with Gasteiger partial charge < -0.3 is 10.1 Å². The number of ether oxygens (including phenoxy) is 1. The smallest absolute Gasteiger partial charge is 0.122 e. The number of hydrogen-bond acceptors (Lipinski definition) is 4. The van der Waals surface area contributed by atoms with Gasteiger partial charge in [-0.15, -0.1) is 0 Å². The van der Waals surface area contributed by atoms with E-state index in [-0.39, 0.29) is 0 Å². The molecule has 0 aliphatic carbocycles. The Morgan fingerprint density at radius 1 is 1.24 bits per heavy atom. The van der Waals surface area contributed by atoms with Gasteiger partial charge in [-0.05, 0) is 23.8 Å². The minimum atomic E-state index is 0.737. The van der Waals surface area contributed by atoms with Crippen molar-refractivity contribution in [3.05, 3.63) is 48.0 Å². The Hall–Kier alpha value is -2.10. The summed E-state index contributed by atoms with van der Waals surface area (Å²) in [4.78, 5) is 7.97. The summed E-state index contributed by atoms with van der Waals surface area (Å²) in [5.74, 6) is 1.01.